The normalized spacial score (nSPS) is 14.8. The maximum Gasteiger partial charge on any atom is 0.226 e. The number of nitrogens with zero attached hydrogens (tertiary/aromatic N) is 6. The molecule has 0 aliphatic carbocycles. The molecule has 1 aliphatic rings. The molecule has 8 heteroatoms. The van der Waals surface area contributed by atoms with E-state index in [-0.39, 0.29) is 11.3 Å². The van der Waals surface area contributed by atoms with E-state index in [0.29, 0.717) is 68.5 Å². The Kier molecular flexibility index (Phi) is 5.93. The second-order valence-electron chi connectivity index (χ2n) is 7.97. The van der Waals surface area contributed by atoms with Crippen molar-refractivity contribution in [1.82, 2.24) is 20.0 Å². The van der Waals surface area contributed by atoms with Gasteiger partial charge in [0.05, 0.1) is 5.56 Å². The zero-order chi connectivity index (χ0) is 20.1. The van der Waals surface area contributed by atoms with Crippen LogP contribution in [0.2, 0.25) is 0 Å². The van der Waals surface area contributed by atoms with E-state index in [1.165, 1.54) is 0 Å². The summed E-state index contributed by atoms with van der Waals surface area (Å²) in [6, 6.07) is 5.70. The van der Waals surface area contributed by atoms with Gasteiger partial charge in [0.25, 0.3) is 0 Å². The average Bonchev–Trinajstić information content (AvgIpc) is 3.17. The molecule has 1 fully saturated rings. The minimum atomic E-state index is -0.143. The fourth-order valence-electron chi connectivity index (χ4n) is 3.11. The molecule has 0 unspecified atom stereocenters. The molecule has 3 heterocycles. The van der Waals surface area contributed by atoms with E-state index in [9.17, 15) is 10.1 Å². The van der Waals surface area contributed by atoms with Crippen LogP contribution in [0.5, 0.6) is 0 Å². The first-order chi connectivity index (χ1) is 13.4. The van der Waals surface area contributed by atoms with Gasteiger partial charge in [-0.15, -0.1) is 0 Å². The molecular formula is C20H26N6O2. The number of hydrogen-bond acceptors (Lipinski definition) is 7. The number of aryl methyl sites for hydroxylation is 1. The van der Waals surface area contributed by atoms with E-state index in [0.717, 1.165) is 0 Å². The zero-order valence-electron chi connectivity index (χ0n) is 16.7. The Hall–Kier alpha value is -2.95. The number of rotatable bonds is 5. The summed E-state index contributed by atoms with van der Waals surface area (Å²) in [5, 5.41) is 13.2. The number of amides is 1. The summed E-state index contributed by atoms with van der Waals surface area (Å²) in [5.41, 5.74) is 0.424. The van der Waals surface area contributed by atoms with E-state index in [2.05, 4.69) is 26.1 Å². The first-order valence-electron chi connectivity index (χ1n) is 9.59. The average molecular weight is 382 g/mol. The molecule has 148 valence electrons. The topological polar surface area (TPSA) is 99.2 Å². The predicted molar refractivity (Wildman–Crippen MR) is 104 cm³/mol. The largest absolute Gasteiger partial charge is 0.352 e. The fraction of sp³-hybridized carbons (Fsp3) is 0.550. The Bertz CT molecular complexity index is 856. The van der Waals surface area contributed by atoms with Crippen molar-refractivity contribution < 1.29 is 9.32 Å². The number of carbonyl (C=O) groups is 1. The van der Waals surface area contributed by atoms with Crippen LogP contribution in [0, 0.1) is 11.3 Å². The molecule has 8 nitrogen and oxygen atoms in total. The van der Waals surface area contributed by atoms with Gasteiger partial charge in [0, 0.05) is 50.6 Å². The van der Waals surface area contributed by atoms with E-state index in [1.807, 2.05) is 25.7 Å². The van der Waals surface area contributed by atoms with Crippen LogP contribution in [0.3, 0.4) is 0 Å². The summed E-state index contributed by atoms with van der Waals surface area (Å²) in [6.07, 6.45) is 3.44. The lowest BCUT2D eigenvalue weighted by Crippen LogP contribution is -2.49. The fourth-order valence-corrected chi connectivity index (χ4v) is 3.11. The molecule has 0 atom stereocenters. The Morgan fingerprint density at radius 1 is 1.29 bits per heavy atom. The number of nitriles is 1. The molecule has 1 saturated heterocycles. The van der Waals surface area contributed by atoms with Gasteiger partial charge in [-0.05, 0) is 18.6 Å². The van der Waals surface area contributed by atoms with Crippen LogP contribution in [-0.2, 0) is 16.6 Å². The minimum Gasteiger partial charge on any atom is -0.352 e. The zero-order valence-corrected chi connectivity index (χ0v) is 16.7. The van der Waals surface area contributed by atoms with Crippen LogP contribution in [0.4, 0.5) is 5.82 Å². The summed E-state index contributed by atoms with van der Waals surface area (Å²) in [5.74, 6) is 2.11. The third-order valence-corrected chi connectivity index (χ3v) is 4.76. The molecule has 28 heavy (non-hydrogen) atoms. The molecule has 2 aromatic rings. The van der Waals surface area contributed by atoms with Gasteiger partial charge >= 0.3 is 0 Å². The molecule has 2 aromatic heterocycles. The lowest BCUT2D eigenvalue weighted by molar-refractivity contribution is -0.131. The van der Waals surface area contributed by atoms with Crippen molar-refractivity contribution in [2.45, 2.75) is 45.4 Å². The van der Waals surface area contributed by atoms with Gasteiger partial charge in [-0.25, -0.2) is 4.98 Å². The van der Waals surface area contributed by atoms with E-state index in [4.69, 9.17) is 4.52 Å². The third kappa shape index (κ3) is 4.66. The van der Waals surface area contributed by atoms with Crippen molar-refractivity contribution in [3.63, 3.8) is 0 Å². The molecular weight excluding hydrogens is 356 g/mol. The highest BCUT2D eigenvalue weighted by Gasteiger charge is 2.24. The van der Waals surface area contributed by atoms with Gasteiger partial charge in [-0.1, -0.05) is 25.9 Å². The summed E-state index contributed by atoms with van der Waals surface area (Å²) >= 11 is 0. The Morgan fingerprint density at radius 2 is 2.04 bits per heavy atom. The number of pyridine rings is 1. The van der Waals surface area contributed by atoms with Crippen LogP contribution in [-0.4, -0.2) is 52.1 Å². The lowest BCUT2D eigenvalue weighted by Gasteiger charge is -2.35. The Morgan fingerprint density at radius 3 is 2.68 bits per heavy atom. The van der Waals surface area contributed by atoms with Crippen molar-refractivity contribution >= 4 is 11.7 Å². The third-order valence-electron chi connectivity index (χ3n) is 4.76. The van der Waals surface area contributed by atoms with Gasteiger partial charge in [0.1, 0.15) is 11.9 Å². The van der Waals surface area contributed by atoms with Gasteiger partial charge in [0.2, 0.25) is 11.8 Å². The lowest BCUT2D eigenvalue weighted by atomic mass is 9.96. The monoisotopic (exact) mass is 382 g/mol. The minimum absolute atomic E-state index is 0.136. The maximum absolute atomic E-state index is 12.5. The molecule has 0 spiro atoms. The van der Waals surface area contributed by atoms with Crippen LogP contribution < -0.4 is 4.90 Å². The molecule has 0 bridgehead atoms. The summed E-state index contributed by atoms with van der Waals surface area (Å²) in [6.45, 7) is 8.73. The van der Waals surface area contributed by atoms with Gasteiger partial charge < -0.3 is 14.3 Å². The molecule has 3 rings (SSSR count). The number of hydrogen-bond donors (Lipinski definition) is 0. The summed E-state index contributed by atoms with van der Waals surface area (Å²) in [7, 11) is 0. The second-order valence-corrected chi connectivity index (χ2v) is 7.97. The molecule has 0 N–H and O–H groups in total. The van der Waals surface area contributed by atoms with Crippen molar-refractivity contribution in [3.8, 4) is 6.07 Å². The van der Waals surface area contributed by atoms with Crippen LogP contribution in [0.15, 0.2) is 22.9 Å². The van der Waals surface area contributed by atoms with Crippen molar-refractivity contribution in [1.29, 1.82) is 5.26 Å². The van der Waals surface area contributed by atoms with E-state index < -0.39 is 0 Å². The Labute approximate surface area is 165 Å². The van der Waals surface area contributed by atoms with Crippen LogP contribution >= 0.6 is 0 Å². The highest BCUT2D eigenvalue weighted by Crippen LogP contribution is 2.20. The number of anilines is 1. The SMILES string of the molecule is CC(C)(C)c1noc(CCCC(=O)N2CCN(c3ncccc3C#N)CC2)n1. The number of piperazine rings is 1. The number of carbonyl (C=O) groups excluding carboxylic acids is 1. The molecule has 0 radical (unpaired) electrons. The summed E-state index contributed by atoms with van der Waals surface area (Å²) in [4.78, 5) is 25.2. The quantitative estimate of drug-likeness (QED) is 0.782. The van der Waals surface area contributed by atoms with Crippen molar-refractivity contribution in [2.75, 3.05) is 31.1 Å². The van der Waals surface area contributed by atoms with E-state index in [1.54, 1.807) is 18.3 Å². The predicted octanol–water partition coefficient (Wildman–Crippen LogP) is 2.31. The molecule has 0 aromatic carbocycles. The smallest absolute Gasteiger partial charge is 0.226 e. The standard InChI is InChI=1S/C20H26N6O2/c1-20(2,3)19-23-16(28-24-19)7-4-8-17(27)25-10-12-26(13-11-25)18-15(14-21)6-5-9-22-18/h5-6,9H,4,7-8,10-13H2,1-3H3. The highest BCUT2D eigenvalue weighted by molar-refractivity contribution is 5.76. The number of aromatic nitrogens is 3. The molecule has 1 aliphatic heterocycles. The van der Waals surface area contributed by atoms with Crippen molar-refractivity contribution in [3.05, 3.63) is 35.6 Å². The summed E-state index contributed by atoms with van der Waals surface area (Å²) < 4.78 is 5.28. The van der Waals surface area contributed by atoms with Crippen LogP contribution in [0.1, 0.15) is 50.9 Å². The second kappa shape index (κ2) is 8.38. The molecule has 1 amide bonds. The van der Waals surface area contributed by atoms with Crippen LogP contribution in [0.25, 0.3) is 0 Å². The highest BCUT2D eigenvalue weighted by atomic mass is 16.5. The maximum atomic E-state index is 12.5. The Balaban J connectivity index is 1.45. The van der Waals surface area contributed by atoms with E-state index >= 15 is 0 Å². The molecule has 0 saturated carbocycles. The van der Waals surface area contributed by atoms with Crippen molar-refractivity contribution in [2.24, 2.45) is 0 Å². The first kappa shape index (κ1) is 19.8. The van der Waals surface area contributed by atoms with Gasteiger partial charge in [0.15, 0.2) is 5.82 Å². The van der Waals surface area contributed by atoms with Gasteiger partial charge in [-0.3, -0.25) is 4.79 Å². The first-order valence-corrected chi connectivity index (χ1v) is 9.59. The van der Waals surface area contributed by atoms with Gasteiger partial charge in [-0.2, -0.15) is 10.2 Å².